The van der Waals surface area contributed by atoms with Gasteiger partial charge in [0.2, 0.25) is 0 Å². The summed E-state index contributed by atoms with van der Waals surface area (Å²) in [4.78, 5) is 12.0. The van der Waals surface area contributed by atoms with Crippen LogP contribution in [0, 0.1) is 0 Å². The van der Waals surface area contributed by atoms with Gasteiger partial charge in [0.1, 0.15) is 11.4 Å². The Kier molecular flexibility index (Phi) is 4.36. The number of nitrogen functional groups attached to an aromatic ring is 1. The molecule has 1 amide bonds. The molecular weight excluding hydrogens is 292 g/mol. The number of hydrogen-bond acceptors (Lipinski definition) is 4. The molecule has 0 spiro atoms. The van der Waals surface area contributed by atoms with E-state index in [9.17, 15) is 4.79 Å². The Morgan fingerprint density at radius 1 is 1.13 bits per heavy atom. The highest BCUT2D eigenvalue weighted by molar-refractivity contribution is 5.69. The Balaban J connectivity index is 2.12. The fraction of sp³-hybridized carbons (Fsp3) is 0.412. The fourth-order valence-corrected chi connectivity index (χ4v) is 2.14. The normalized spacial score (nSPS) is 12.0. The summed E-state index contributed by atoms with van der Waals surface area (Å²) >= 11 is 0. The quantitative estimate of drug-likeness (QED) is 0.911. The second-order valence-electron chi connectivity index (χ2n) is 6.98. The van der Waals surface area contributed by atoms with Crippen LogP contribution in [-0.2, 0) is 10.3 Å². The van der Waals surface area contributed by atoms with Gasteiger partial charge in [0.15, 0.2) is 0 Å². The molecule has 124 valence electrons. The Labute approximate surface area is 136 Å². The highest BCUT2D eigenvalue weighted by Crippen LogP contribution is 2.22. The van der Waals surface area contributed by atoms with Crippen LogP contribution in [0.2, 0.25) is 0 Å². The molecule has 0 atom stereocenters. The lowest BCUT2D eigenvalue weighted by Crippen LogP contribution is -2.43. The first kappa shape index (κ1) is 16.9. The predicted molar refractivity (Wildman–Crippen MR) is 90.4 cm³/mol. The monoisotopic (exact) mass is 316 g/mol. The number of amides is 1. The summed E-state index contributed by atoms with van der Waals surface area (Å²) in [7, 11) is 0. The summed E-state index contributed by atoms with van der Waals surface area (Å²) in [6.45, 7) is 9.37. The minimum absolute atomic E-state index is 0.438. The second kappa shape index (κ2) is 5.95. The smallest absolute Gasteiger partial charge is 0.408 e. The summed E-state index contributed by atoms with van der Waals surface area (Å²) in [6.07, 6.45) is 1.36. The molecule has 2 rings (SSSR count). The molecule has 0 fully saturated rings. The van der Waals surface area contributed by atoms with E-state index in [0.29, 0.717) is 5.82 Å². The number of alkyl carbamates (subject to hydrolysis) is 1. The first-order valence-corrected chi connectivity index (χ1v) is 7.50. The number of anilines is 1. The van der Waals surface area contributed by atoms with Crippen molar-refractivity contribution >= 4 is 11.9 Å². The van der Waals surface area contributed by atoms with Crippen LogP contribution in [0.5, 0.6) is 0 Å². The Bertz CT molecular complexity index is 681. The van der Waals surface area contributed by atoms with E-state index in [1.54, 1.807) is 16.9 Å². The van der Waals surface area contributed by atoms with Crippen molar-refractivity contribution in [2.24, 2.45) is 0 Å². The van der Waals surface area contributed by atoms with E-state index in [2.05, 4.69) is 10.4 Å². The van der Waals surface area contributed by atoms with Crippen LogP contribution < -0.4 is 11.1 Å². The lowest BCUT2D eigenvalue weighted by Gasteiger charge is -2.29. The zero-order chi connectivity index (χ0) is 17.3. The molecule has 0 unspecified atom stereocenters. The molecule has 1 heterocycles. The molecule has 0 saturated heterocycles. The van der Waals surface area contributed by atoms with Gasteiger partial charge < -0.3 is 15.8 Å². The number of nitrogens with two attached hydrogens (primary N) is 1. The van der Waals surface area contributed by atoms with Crippen molar-refractivity contribution in [2.75, 3.05) is 5.73 Å². The van der Waals surface area contributed by atoms with Crippen LogP contribution in [-0.4, -0.2) is 21.5 Å². The van der Waals surface area contributed by atoms with Gasteiger partial charge in [0.25, 0.3) is 0 Å². The van der Waals surface area contributed by atoms with E-state index in [1.807, 2.05) is 58.9 Å². The number of nitrogens with one attached hydrogen (secondary N) is 1. The first-order chi connectivity index (χ1) is 10.6. The maximum atomic E-state index is 12.0. The number of hydrogen-bond donors (Lipinski definition) is 2. The van der Waals surface area contributed by atoms with Crippen molar-refractivity contribution < 1.29 is 9.53 Å². The van der Waals surface area contributed by atoms with Crippen LogP contribution in [0.1, 0.15) is 40.2 Å². The molecule has 1 aromatic heterocycles. The van der Waals surface area contributed by atoms with Gasteiger partial charge in [0, 0.05) is 12.3 Å². The average Bonchev–Trinajstić information content (AvgIpc) is 2.82. The van der Waals surface area contributed by atoms with Gasteiger partial charge in [0.05, 0.1) is 11.2 Å². The van der Waals surface area contributed by atoms with Crippen LogP contribution >= 0.6 is 0 Å². The zero-order valence-corrected chi connectivity index (χ0v) is 14.3. The Hall–Kier alpha value is -2.50. The minimum atomic E-state index is -0.552. The summed E-state index contributed by atoms with van der Waals surface area (Å²) < 4.78 is 7.01. The molecule has 2 aromatic rings. The van der Waals surface area contributed by atoms with Gasteiger partial charge in [-0.3, -0.25) is 0 Å². The molecule has 1 aromatic carbocycles. The number of ether oxygens (including phenoxy) is 1. The second-order valence-corrected chi connectivity index (χ2v) is 6.98. The number of carbonyl (C=O) groups excluding carboxylic acids is 1. The largest absolute Gasteiger partial charge is 0.444 e. The molecule has 6 nitrogen and oxygen atoms in total. The van der Waals surface area contributed by atoms with Crippen molar-refractivity contribution in [1.82, 2.24) is 15.1 Å². The van der Waals surface area contributed by atoms with Crippen molar-refractivity contribution in [3.8, 4) is 5.69 Å². The van der Waals surface area contributed by atoms with E-state index < -0.39 is 17.2 Å². The van der Waals surface area contributed by atoms with Crippen molar-refractivity contribution in [3.63, 3.8) is 0 Å². The van der Waals surface area contributed by atoms with Crippen molar-refractivity contribution in [2.45, 2.75) is 45.8 Å². The summed E-state index contributed by atoms with van der Waals surface area (Å²) in [5, 5.41) is 7.06. The van der Waals surface area contributed by atoms with Crippen LogP contribution in [0.4, 0.5) is 10.6 Å². The molecule has 0 aliphatic heterocycles. The van der Waals surface area contributed by atoms with Crippen LogP contribution in [0.15, 0.2) is 36.5 Å². The highest BCUT2D eigenvalue weighted by atomic mass is 16.6. The van der Waals surface area contributed by atoms with E-state index in [0.717, 1.165) is 11.3 Å². The molecule has 23 heavy (non-hydrogen) atoms. The van der Waals surface area contributed by atoms with E-state index in [-0.39, 0.29) is 0 Å². The van der Waals surface area contributed by atoms with E-state index in [1.165, 1.54) is 0 Å². The lowest BCUT2D eigenvalue weighted by atomic mass is 9.94. The number of nitrogens with zero attached hydrogens (tertiary/aromatic N) is 2. The third kappa shape index (κ3) is 4.48. The molecule has 0 radical (unpaired) electrons. The molecule has 0 aliphatic rings. The summed E-state index contributed by atoms with van der Waals surface area (Å²) in [5.74, 6) is 0.473. The van der Waals surface area contributed by atoms with Gasteiger partial charge in [-0.05, 0) is 52.3 Å². The third-order valence-electron chi connectivity index (χ3n) is 3.28. The van der Waals surface area contributed by atoms with Gasteiger partial charge in [-0.15, -0.1) is 0 Å². The minimum Gasteiger partial charge on any atom is -0.444 e. The molecule has 6 heteroatoms. The average molecular weight is 316 g/mol. The molecular formula is C17H24N4O2. The molecule has 0 aliphatic carbocycles. The van der Waals surface area contributed by atoms with Crippen LogP contribution in [0.25, 0.3) is 5.69 Å². The van der Waals surface area contributed by atoms with E-state index >= 15 is 0 Å². The zero-order valence-electron chi connectivity index (χ0n) is 14.3. The van der Waals surface area contributed by atoms with E-state index in [4.69, 9.17) is 10.5 Å². The SMILES string of the molecule is CC(C)(C)OC(=O)NC(C)(C)c1ccc(-n2ccc(N)n2)cc1. The standard InChI is InChI=1S/C17H24N4O2/c1-16(2,3)23-15(22)19-17(4,5)12-6-8-13(9-7-12)21-11-10-14(18)20-21/h6-11H,1-5H3,(H2,18,20)(H,19,22). The summed E-state index contributed by atoms with van der Waals surface area (Å²) in [5.41, 5.74) is 6.42. The van der Waals surface area contributed by atoms with Gasteiger partial charge >= 0.3 is 6.09 Å². The van der Waals surface area contributed by atoms with Crippen molar-refractivity contribution in [1.29, 1.82) is 0 Å². The summed E-state index contributed by atoms with van der Waals surface area (Å²) in [6, 6.07) is 9.50. The first-order valence-electron chi connectivity index (χ1n) is 7.50. The molecule has 3 N–H and O–H groups in total. The predicted octanol–water partition coefficient (Wildman–Crippen LogP) is 3.21. The number of carbonyl (C=O) groups is 1. The maximum Gasteiger partial charge on any atom is 0.408 e. The number of benzene rings is 1. The Morgan fingerprint density at radius 3 is 2.22 bits per heavy atom. The highest BCUT2D eigenvalue weighted by Gasteiger charge is 2.26. The fourth-order valence-electron chi connectivity index (χ4n) is 2.14. The topological polar surface area (TPSA) is 82.2 Å². The maximum absolute atomic E-state index is 12.0. The number of aromatic nitrogens is 2. The van der Waals surface area contributed by atoms with Gasteiger partial charge in [-0.1, -0.05) is 12.1 Å². The number of rotatable bonds is 3. The Morgan fingerprint density at radius 2 is 1.74 bits per heavy atom. The van der Waals surface area contributed by atoms with Gasteiger partial charge in [-0.2, -0.15) is 5.10 Å². The lowest BCUT2D eigenvalue weighted by molar-refractivity contribution is 0.0470. The third-order valence-corrected chi connectivity index (χ3v) is 3.28. The van der Waals surface area contributed by atoms with Gasteiger partial charge in [-0.25, -0.2) is 9.48 Å². The van der Waals surface area contributed by atoms with Crippen LogP contribution in [0.3, 0.4) is 0 Å². The molecule has 0 bridgehead atoms. The van der Waals surface area contributed by atoms with Crippen molar-refractivity contribution in [3.05, 3.63) is 42.1 Å². The molecule has 0 saturated carbocycles.